The molecule has 2 amide bonds. The van der Waals surface area contributed by atoms with Crippen LogP contribution in [-0.2, 0) is 4.74 Å². The second-order valence-electron chi connectivity index (χ2n) is 4.46. The van der Waals surface area contributed by atoms with Gasteiger partial charge in [0.15, 0.2) is 0 Å². The highest BCUT2D eigenvalue weighted by Crippen LogP contribution is 2.19. The standard InChI is InChI=1S/C13H18ClN3O2.ClH/c14-11-3-1-2-4-12(11)17-13(18)16-8-10-7-15-5-6-19-9-10;/h1-4,10,15H,5-9H2,(H2,16,17,18);1H. The maximum absolute atomic E-state index is 11.8. The van der Waals surface area contributed by atoms with Crippen molar-refractivity contribution in [3.63, 3.8) is 0 Å². The number of carbonyl (C=O) groups is 1. The maximum Gasteiger partial charge on any atom is 0.319 e. The highest BCUT2D eigenvalue weighted by molar-refractivity contribution is 6.33. The normalized spacial score (nSPS) is 18.6. The quantitative estimate of drug-likeness (QED) is 0.799. The topological polar surface area (TPSA) is 62.4 Å². The van der Waals surface area contributed by atoms with E-state index in [9.17, 15) is 4.79 Å². The molecule has 2 rings (SSSR count). The predicted molar refractivity (Wildman–Crippen MR) is 82.9 cm³/mol. The van der Waals surface area contributed by atoms with Crippen LogP contribution in [0.2, 0.25) is 5.02 Å². The molecule has 1 saturated heterocycles. The van der Waals surface area contributed by atoms with Gasteiger partial charge in [-0.15, -0.1) is 12.4 Å². The number of rotatable bonds is 3. The second-order valence-corrected chi connectivity index (χ2v) is 4.87. The molecule has 1 aromatic carbocycles. The van der Waals surface area contributed by atoms with Gasteiger partial charge >= 0.3 is 6.03 Å². The number of hydrogen-bond acceptors (Lipinski definition) is 3. The van der Waals surface area contributed by atoms with Crippen molar-refractivity contribution in [3.05, 3.63) is 29.3 Å². The maximum atomic E-state index is 11.8. The van der Waals surface area contributed by atoms with Gasteiger partial charge in [-0.25, -0.2) is 4.79 Å². The Morgan fingerprint density at radius 3 is 3.05 bits per heavy atom. The van der Waals surface area contributed by atoms with Crippen LogP contribution in [0.25, 0.3) is 0 Å². The van der Waals surface area contributed by atoms with E-state index in [2.05, 4.69) is 16.0 Å². The third-order valence-corrected chi connectivity index (χ3v) is 3.21. The Labute approximate surface area is 129 Å². The first kappa shape index (κ1) is 17.0. The van der Waals surface area contributed by atoms with Crippen LogP contribution >= 0.6 is 24.0 Å². The molecule has 3 N–H and O–H groups in total. The number of ether oxygens (including phenoxy) is 1. The van der Waals surface area contributed by atoms with Gasteiger partial charge in [0.05, 0.1) is 23.9 Å². The smallest absolute Gasteiger partial charge is 0.319 e. The van der Waals surface area contributed by atoms with Gasteiger partial charge in [0.25, 0.3) is 0 Å². The molecule has 0 aromatic heterocycles. The molecule has 1 aliphatic rings. The van der Waals surface area contributed by atoms with Crippen LogP contribution in [0.5, 0.6) is 0 Å². The van der Waals surface area contributed by atoms with Crippen LogP contribution in [0.4, 0.5) is 10.5 Å². The van der Waals surface area contributed by atoms with E-state index in [4.69, 9.17) is 16.3 Å². The molecular weight excluding hydrogens is 301 g/mol. The second kappa shape index (κ2) is 9.02. The molecule has 0 radical (unpaired) electrons. The number of nitrogens with one attached hydrogen (secondary N) is 3. The van der Waals surface area contributed by atoms with Crippen LogP contribution in [0.15, 0.2) is 24.3 Å². The molecule has 0 bridgehead atoms. The van der Waals surface area contributed by atoms with Gasteiger partial charge < -0.3 is 20.7 Å². The minimum Gasteiger partial charge on any atom is -0.380 e. The Balaban J connectivity index is 0.00000200. The van der Waals surface area contributed by atoms with Crippen molar-refractivity contribution in [1.82, 2.24) is 10.6 Å². The average molecular weight is 320 g/mol. The van der Waals surface area contributed by atoms with Crippen LogP contribution in [-0.4, -0.2) is 38.9 Å². The number of hydrogen-bond donors (Lipinski definition) is 3. The summed E-state index contributed by atoms with van der Waals surface area (Å²) in [6, 6.07) is 6.89. The number of anilines is 1. The van der Waals surface area contributed by atoms with E-state index in [1.165, 1.54) is 0 Å². The first-order chi connectivity index (χ1) is 9.25. The van der Waals surface area contributed by atoms with Gasteiger partial charge in [-0.3, -0.25) is 0 Å². The fourth-order valence-corrected chi connectivity index (χ4v) is 2.04. The Kier molecular flexibility index (Phi) is 7.69. The van der Waals surface area contributed by atoms with Gasteiger partial charge in [-0.05, 0) is 12.1 Å². The zero-order valence-corrected chi connectivity index (χ0v) is 12.6. The average Bonchev–Trinajstić information content (AvgIpc) is 2.68. The van der Waals surface area contributed by atoms with E-state index >= 15 is 0 Å². The molecule has 112 valence electrons. The largest absolute Gasteiger partial charge is 0.380 e. The lowest BCUT2D eigenvalue weighted by Gasteiger charge is -2.15. The number of urea groups is 1. The van der Waals surface area contributed by atoms with Crippen molar-refractivity contribution in [2.75, 3.05) is 38.2 Å². The number of amides is 2. The zero-order chi connectivity index (χ0) is 13.5. The number of halogens is 2. The molecule has 0 saturated carbocycles. The number of para-hydroxylation sites is 1. The SMILES string of the molecule is Cl.O=C(NCC1CNCCOC1)Nc1ccccc1Cl. The van der Waals surface area contributed by atoms with Crippen LogP contribution in [0, 0.1) is 5.92 Å². The van der Waals surface area contributed by atoms with Crippen molar-refractivity contribution in [2.24, 2.45) is 5.92 Å². The van der Waals surface area contributed by atoms with E-state index in [0.29, 0.717) is 29.8 Å². The minimum absolute atomic E-state index is 0. The summed E-state index contributed by atoms with van der Waals surface area (Å²) in [5, 5.41) is 9.34. The fourth-order valence-electron chi connectivity index (χ4n) is 1.86. The Hall–Kier alpha value is -1.01. The zero-order valence-electron chi connectivity index (χ0n) is 11.0. The summed E-state index contributed by atoms with van der Waals surface area (Å²) in [7, 11) is 0. The summed E-state index contributed by atoms with van der Waals surface area (Å²) in [5.41, 5.74) is 0.608. The van der Waals surface area contributed by atoms with Crippen molar-refractivity contribution < 1.29 is 9.53 Å². The summed E-state index contributed by atoms with van der Waals surface area (Å²) >= 11 is 5.97. The number of carbonyl (C=O) groups excluding carboxylic acids is 1. The highest BCUT2D eigenvalue weighted by atomic mass is 35.5. The summed E-state index contributed by atoms with van der Waals surface area (Å²) in [6.45, 7) is 3.68. The molecule has 1 atom stereocenters. The monoisotopic (exact) mass is 319 g/mol. The molecule has 1 aromatic rings. The molecule has 20 heavy (non-hydrogen) atoms. The summed E-state index contributed by atoms with van der Waals surface area (Å²) in [4.78, 5) is 11.8. The van der Waals surface area contributed by atoms with Crippen LogP contribution in [0.3, 0.4) is 0 Å². The Morgan fingerprint density at radius 2 is 2.25 bits per heavy atom. The summed E-state index contributed by atoms with van der Waals surface area (Å²) in [5.74, 6) is 0.291. The van der Waals surface area contributed by atoms with Gasteiger partial charge in [0.2, 0.25) is 0 Å². The van der Waals surface area contributed by atoms with Gasteiger partial charge in [-0.2, -0.15) is 0 Å². The molecule has 7 heteroatoms. The lowest BCUT2D eigenvalue weighted by atomic mass is 10.1. The van der Waals surface area contributed by atoms with Gasteiger partial charge in [0, 0.05) is 25.6 Å². The lowest BCUT2D eigenvalue weighted by Crippen LogP contribution is -2.37. The lowest BCUT2D eigenvalue weighted by molar-refractivity contribution is 0.123. The molecular formula is C13H19Cl2N3O2. The van der Waals surface area contributed by atoms with E-state index in [-0.39, 0.29) is 18.4 Å². The first-order valence-corrected chi connectivity index (χ1v) is 6.71. The van der Waals surface area contributed by atoms with Crippen molar-refractivity contribution in [1.29, 1.82) is 0 Å². The third kappa shape index (κ3) is 5.54. The summed E-state index contributed by atoms with van der Waals surface area (Å²) < 4.78 is 5.42. The van der Waals surface area contributed by atoms with Crippen molar-refractivity contribution in [3.8, 4) is 0 Å². The Bertz CT molecular complexity index is 424. The van der Waals surface area contributed by atoms with E-state index in [1.54, 1.807) is 12.1 Å². The van der Waals surface area contributed by atoms with E-state index in [0.717, 1.165) is 19.7 Å². The van der Waals surface area contributed by atoms with Crippen molar-refractivity contribution >= 4 is 35.7 Å². The van der Waals surface area contributed by atoms with Gasteiger partial charge in [0.1, 0.15) is 0 Å². The summed E-state index contributed by atoms with van der Waals surface area (Å²) in [6.07, 6.45) is 0. The molecule has 1 heterocycles. The Morgan fingerprint density at radius 1 is 1.45 bits per heavy atom. The highest BCUT2D eigenvalue weighted by Gasteiger charge is 2.13. The molecule has 1 unspecified atom stereocenters. The molecule has 1 fully saturated rings. The van der Waals surface area contributed by atoms with Crippen molar-refractivity contribution in [2.45, 2.75) is 0 Å². The fraction of sp³-hybridized carbons (Fsp3) is 0.462. The molecule has 0 spiro atoms. The van der Waals surface area contributed by atoms with Gasteiger partial charge in [-0.1, -0.05) is 23.7 Å². The van der Waals surface area contributed by atoms with Crippen LogP contribution < -0.4 is 16.0 Å². The van der Waals surface area contributed by atoms with Crippen LogP contribution in [0.1, 0.15) is 0 Å². The molecule has 1 aliphatic heterocycles. The van der Waals surface area contributed by atoms with E-state index < -0.39 is 0 Å². The molecule has 0 aliphatic carbocycles. The number of benzene rings is 1. The first-order valence-electron chi connectivity index (χ1n) is 6.33. The molecule has 5 nitrogen and oxygen atoms in total. The predicted octanol–water partition coefficient (Wildman–Crippen LogP) is 2.12. The minimum atomic E-state index is -0.252. The van der Waals surface area contributed by atoms with E-state index in [1.807, 2.05) is 12.1 Å². The third-order valence-electron chi connectivity index (χ3n) is 2.88.